The molecular formula is C11H13N5O3. The zero-order chi connectivity index (χ0) is 13.9. The summed E-state index contributed by atoms with van der Waals surface area (Å²) in [5.74, 6) is -0.515. The number of tetrazole rings is 1. The number of fused-ring (bicyclic) bond motifs is 1. The molecule has 8 heteroatoms. The third-order valence-electron chi connectivity index (χ3n) is 2.83. The molecule has 0 bridgehead atoms. The highest BCUT2D eigenvalue weighted by Crippen LogP contribution is 2.15. The van der Waals surface area contributed by atoms with Gasteiger partial charge < -0.3 is 10.1 Å². The maximum atomic E-state index is 11.8. The van der Waals surface area contributed by atoms with Gasteiger partial charge in [0.25, 0.3) is 0 Å². The van der Waals surface area contributed by atoms with Crippen LogP contribution in [0.1, 0.15) is 12.5 Å². The number of aromatic nitrogens is 4. The summed E-state index contributed by atoms with van der Waals surface area (Å²) in [5, 5.41) is 13.6. The van der Waals surface area contributed by atoms with Gasteiger partial charge in [0, 0.05) is 12.6 Å². The topological polar surface area (TPSA) is 98.5 Å². The molecule has 1 atom stereocenters. The maximum absolute atomic E-state index is 11.8. The van der Waals surface area contributed by atoms with E-state index < -0.39 is 11.5 Å². The Bertz CT molecular complexity index is 611. The van der Waals surface area contributed by atoms with E-state index in [1.807, 2.05) is 0 Å². The number of esters is 1. The molecule has 0 spiro atoms. The number of pyridine rings is 1. The first kappa shape index (κ1) is 12.9. The molecule has 2 heterocycles. The van der Waals surface area contributed by atoms with Crippen LogP contribution in [0.3, 0.4) is 0 Å². The lowest BCUT2D eigenvalue weighted by atomic mass is 9.93. The van der Waals surface area contributed by atoms with Gasteiger partial charge in [0.2, 0.25) is 6.41 Å². The molecule has 0 saturated heterocycles. The number of carbonyl (C=O) groups is 2. The van der Waals surface area contributed by atoms with Crippen molar-refractivity contribution >= 4 is 18.0 Å². The summed E-state index contributed by atoms with van der Waals surface area (Å²) in [4.78, 5) is 22.4. The molecule has 0 saturated carbocycles. The van der Waals surface area contributed by atoms with Crippen LogP contribution in [0.15, 0.2) is 18.3 Å². The quantitative estimate of drug-likeness (QED) is 0.568. The smallest absolute Gasteiger partial charge is 0.331 e. The first-order valence-corrected chi connectivity index (χ1v) is 5.55. The van der Waals surface area contributed by atoms with Gasteiger partial charge in [-0.3, -0.25) is 4.79 Å². The van der Waals surface area contributed by atoms with Crippen LogP contribution in [0.4, 0.5) is 0 Å². The Labute approximate surface area is 108 Å². The van der Waals surface area contributed by atoms with E-state index in [9.17, 15) is 9.59 Å². The van der Waals surface area contributed by atoms with Crippen molar-refractivity contribution in [3.8, 4) is 0 Å². The van der Waals surface area contributed by atoms with E-state index in [4.69, 9.17) is 4.74 Å². The van der Waals surface area contributed by atoms with E-state index in [0.29, 0.717) is 12.1 Å². The maximum Gasteiger partial charge on any atom is 0.331 e. The zero-order valence-electron chi connectivity index (χ0n) is 10.5. The average molecular weight is 263 g/mol. The number of nitrogens with zero attached hydrogens (tertiary/aromatic N) is 4. The number of methoxy groups -OCH3 is 1. The second kappa shape index (κ2) is 5.01. The molecule has 0 unspecified atom stereocenters. The summed E-state index contributed by atoms with van der Waals surface area (Å²) < 4.78 is 6.21. The van der Waals surface area contributed by atoms with E-state index in [2.05, 4.69) is 20.8 Å². The summed E-state index contributed by atoms with van der Waals surface area (Å²) in [6, 6.07) is 3.52. The molecule has 1 N–H and O–H groups in total. The van der Waals surface area contributed by atoms with Gasteiger partial charge in [0.15, 0.2) is 5.65 Å². The minimum Gasteiger partial charge on any atom is -0.467 e. The summed E-state index contributed by atoms with van der Waals surface area (Å²) in [7, 11) is 1.28. The second-order valence-corrected chi connectivity index (χ2v) is 4.28. The van der Waals surface area contributed by atoms with Crippen LogP contribution in [0.25, 0.3) is 5.65 Å². The lowest BCUT2D eigenvalue weighted by Gasteiger charge is -2.25. The van der Waals surface area contributed by atoms with E-state index in [1.54, 1.807) is 25.3 Å². The summed E-state index contributed by atoms with van der Waals surface area (Å²) in [5.41, 5.74) is 0.253. The third kappa shape index (κ3) is 2.51. The normalized spacial score (nSPS) is 13.8. The molecule has 8 nitrogen and oxygen atoms in total. The van der Waals surface area contributed by atoms with E-state index in [-0.39, 0.29) is 6.42 Å². The Hall–Kier alpha value is -2.51. The molecule has 19 heavy (non-hydrogen) atoms. The Balaban J connectivity index is 2.29. The van der Waals surface area contributed by atoms with Crippen LogP contribution in [0.5, 0.6) is 0 Å². The number of hydrogen-bond acceptors (Lipinski definition) is 6. The first-order valence-electron chi connectivity index (χ1n) is 5.55. The highest BCUT2D eigenvalue weighted by molar-refractivity contribution is 5.83. The number of hydrogen-bond donors (Lipinski definition) is 1. The van der Waals surface area contributed by atoms with Crippen molar-refractivity contribution in [2.45, 2.75) is 18.9 Å². The second-order valence-electron chi connectivity index (χ2n) is 4.28. The molecule has 0 aliphatic carbocycles. The van der Waals surface area contributed by atoms with Crippen molar-refractivity contribution in [3.63, 3.8) is 0 Å². The Morgan fingerprint density at radius 3 is 3.11 bits per heavy atom. The summed E-state index contributed by atoms with van der Waals surface area (Å²) in [6.45, 7) is 1.60. The largest absolute Gasteiger partial charge is 0.467 e. The molecule has 100 valence electrons. The molecule has 1 amide bonds. The SMILES string of the molecule is COC(=O)[C@](C)(Cc1ccn2nnnc2c1)NC=O. The monoisotopic (exact) mass is 263 g/mol. The summed E-state index contributed by atoms with van der Waals surface area (Å²) >= 11 is 0. The molecule has 0 aromatic carbocycles. The van der Waals surface area contributed by atoms with Crippen LogP contribution in [-0.2, 0) is 20.7 Å². The van der Waals surface area contributed by atoms with Gasteiger partial charge in [0.1, 0.15) is 5.54 Å². The standard InChI is InChI=1S/C11H13N5O3/c1-11(12-7-17,10(18)19-2)6-8-3-4-16-9(5-8)13-14-15-16/h3-5,7H,6H2,1-2H3,(H,12,17)/t11-/m0/s1. The Morgan fingerprint density at radius 2 is 2.42 bits per heavy atom. The van der Waals surface area contributed by atoms with Crippen molar-refractivity contribution < 1.29 is 14.3 Å². The van der Waals surface area contributed by atoms with Gasteiger partial charge in [-0.1, -0.05) is 0 Å². The van der Waals surface area contributed by atoms with Gasteiger partial charge in [-0.15, -0.1) is 5.10 Å². The van der Waals surface area contributed by atoms with E-state index in [1.165, 1.54) is 11.6 Å². The van der Waals surface area contributed by atoms with Gasteiger partial charge in [-0.2, -0.15) is 0 Å². The highest BCUT2D eigenvalue weighted by Gasteiger charge is 2.34. The number of rotatable bonds is 5. The van der Waals surface area contributed by atoms with Crippen LogP contribution in [0.2, 0.25) is 0 Å². The first-order chi connectivity index (χ1) is 9.09. The molecule has 2 rings (SSSR count). The van der Waals surface area contributed by atoms with Gasteiger partial charge >= 0.3 is 5.97 Å². The van der Waals surface area contributed by atoms with Gasteiger partial charge in [-0.25, -0.2) is 9.31 Å². The Morgan fingerprint density at radius 1 is 1.63 bits per heavy atom. The molecule has 0 aliphatic rings. The fraction of sp³-hybridized carbons (Fsp3) is 0.364. The predicted molar refractivity (Wildman–Crippen MR) is 64.1 cm³/mol. The molecule has 0 aliphatic heterocycles. The highest BCUT2D eigenvalue weighted by atomic mass is 16.5. The number of amides is 1. The zero-order valence-corrected chi connectivity index (χ0v) is 10.5. The van der Waals surface area contributed by atoms with Crippen LogP contribution in [0, 0.1) is 0 Å². The van der Waals surface area contributed by atoms with Crippen LogP contribution >= 0.6 is 0 Å². The van der Waals surface area contributed by atoms with Crippen molar-refractivity contribution in [2.24, 2.45) is 0 Å². The van der Waals surface area contributed by atoms with Crippen LogP contribution < -0.4 is 5.32 Å². The van der Waals surface area contributed by atoms with Crippen LogP contribution in [-0.4, -0.2) is 45.1 Å². The average Bonchev–Trinajstić information content (AvgIpc) is 2.85. The van der Waals surface area contributed by atoms with Crippen molar-refractivity contribution in [3.05, 3.63) is 23.9 Å². The van der Waals surface area contributed by atoms with Gasteiger partial charge in [-0.05, 0) is 35.0 Å². The Kier molecular flexibility index (Phi) is 3.41. The van der Waals surface area contributed by atoms with Crippen molar-refractivity contribution in [2.75, 3.05) is 7.11 Å². The fourth-order valence-electron chi connectivity index (χ4n) is 1.84. The number of ether oxygens (including phenoxy) is 1. The molecule has 2 aromatic heterocycles. The fourth-order valence-corrected chi connectivity index (χ4v) is 1.84. The molecule has 0 fully saturated rings. The molecule has 2 aromatic rings. The minimum absolute atomic E-state index is 0.280. The molecule has 0 radical (unpaired) electrons. The predicted octanol–water partition coefficient (Wildman–Crippen LogP) is -0.656. The van der Waals surface area contributed by atoms with E-state index in [0.717, 1.165) is 5.56 Å². The third-order valence-corrected chi connectivity index (χ3v) is 2.83. The lowest BCUT2D eigenvalue weighted by Crippen LogP contribution is -2.51. The number of nitrogens with one attached hydrogen (secondary N) is 1. The van der Waals surface area contributed by atoms with E-state index >= 15 is 0 Å². The summed E-state index contributed by atoms with van der Waals surface area (Å²) in [6.07, 6.45) is 2.44. The lowest BCUT2D eigenvalue weighted by molar-refractivity contribution is -0.148. The molecular weight excluding hydrogens is 250 g/mol. The minimum atomic E-state index is -1.12. The number of carbonyl (C=O) groups excluding carboxylic acids is 2. The van der Waals surface area contributed by atoms with Crippen molar-refractivity contribution in [1.29, 1.82) is 0 Å². The van der Waals surface area contributed by atoms with Gasteiger partial charge in [0.05, 0.1) is 7.11 Å². The van der Waals surface area contributed by atoms with Crippen molar-refractivity contribution in [1.82, 2.24) is 25.4 Å².